The van der Waals surface area contributed by atoms with Gasteiger partial charge in [0.25, 0.3) is 0 Å². The summed E-state index contributed by atoms with van der Waals surface area (Å²) < 4.78 is 6.64. The molecule has 0 heterocycles. The second-order valence-corrected chi connectivity index (χ2v) is 12.6. The van der Waals surface area contributed by atoms with Crippen LogP contribution in [0.5, 0.6) is 0 Å². The van der Waals surface area contributed by atoms with E-state index in [9.17, 15) is 4.79 Å². The van der Waals surface area contributed by atoms with E-state index in [-0.39, 0.29) is 5.97 Å². The van der Waals surface area contributed by atoms with Gasteiger partial charge in [-0.15, -0.1) is 0 Å². The fourth-order valence-electron chi connectivity index (χ4n) is 4.33. The number of hydrogen-bond acceptors (Lipinski definition) is 2. The topological polar surface area (TPSA) is 26.3 Å². The van der Waals surface area contributed by atoms with E-state index in [0.717, 1.165) is 28.5 Å². The number of carbonyl (C=O) groups is 1. The molecule has 3 aromatic carbocycles. The molecule has 0 aliphatic heterocycles. The fourth-order valence-corrected chi connectivity index (χ4v) is 10.2. The van der Waals surface area contributed by atoms with Crippen LogP contribution in [0, 0.1) is 20.8 Å². The SMILES string of the molecule is CCCP(OC(C)=O)(c1ccc(C)cc1)(c1ccc(C)cc1)c1ccc(C)cc1. The van der Waals surface area contributed by atoms with E-state index in [1.807, 2.05) is 0 Å². The van der Waals surface area contributed by atoms with Crippen molar-refractivity contribution in [2.75, 3.05) is 6.16 Å². The van der Waals surface area contributed by atoms with Crippen molar-refractivity contribution in [1.29, 1.82) is 0 Å². The summed E-state index contributed by atoms with van der Waals surface area (Å²) in [4.78, 5) is 12.7. The molecule has 0 atom stereocenters. The molecular formula is C26H31O2P. The number of carbonyl (C=O) groups excluding carboxylic acids is 1. The number of hydrogen-bond donors (Lipinski definition) is 0. The Morgan fingerprint density at radius 1 is 0.690 bits per heavy atom. The monoisotopic (exact) mass is 406 g/mol. The molecule has 0 radical (unpaired) electrons. The molecule has 0 aromatic heterocycles. The van der Waals surface area contributed by atoms with E-state index in [1.165, 1.54) is 23.6 Å². The zero-order valence-corrected chi connectivity index (χ0v) is 19.0. The van der Waals surface area contributed by atoms with Crippen LogP contribution in [-0.4, -0.2) is 12.1 Å². The van der Waals surface area contributed by atoms with Crippen LogP contribution in [0.1, 0.15) is 37.0 Å². The van der Waals surface area contributed by atoms with Gasteiger partial charge in [-0.3, -0.25) is 0 Å². The molecule has 3 heteroatoms. The summed E-state index contributed by atoms with van der Waals surface area (Å²) in [6, 6.07) is 25.7. The van der Waals surface area contributed by atoms with Crippen LogP contribution in [-0.2, 0) is 9.32 Å². The summed E-state index contributed by atoms with van der Waals surface area (Å²) in [5, 5.41) is 3.31. The zero-order valence-electron chi connectivity index (χ0n) is 18.1. The van der Waals surface area contributed by atoms with Gasteiger partial charge in [0.1, 0.15) is 0 Å². The Labute approximate surface area is 174 Å². The summed E-state index contributed by atoms with van der Waals surface area (Å²) in [5.74, 6) is -0.238. The van der Waals surface area contributed by atoms with E-state index in [0.29, 0.717) is 0 Å². The van der Waals surface area contributed by atoms with Gasteiger partial charge in [-0.25, -0.2) is 0 Å². The van der Waals surface area contributed by atoms with Gasteiger partial charge in [0.15, 0.2) is 0 Å². The van der Waals surface area contributed by atoms with Gasteiger partial charge >= 0.3 is 175 Å². The van der Waals surface area contributed by atoms with E-state index < -0.39 is 6.83 Å². The number of aryl methyl sites for hydroxylation is 3. The summed E-state index contributed by atoms with van der Waals surface area (Å²) in [7, 11) is 0. The van der Waals surface area contributed by atoms with Gasteiger partial charge in [-0.1, -0.05) is 0 Å². The molecule has 0 aliphatic carbocycles. The molecule has 0 amide bonds. The Morgan fingerprint density at radius 3 is 1.24 bits per heavy atom. The second kappa shape index (κ2) is 8.13. The quantitative estimate of drug-likeness (QED) is 0.517. The first-order chi connectivity index (χ1) is 13.8. The van der Waals surface area contributed by atoms with Crippen molar-refractivity contribution < 1.29 is 9.32 Å². The van der Waals surface area contributed by atoms with Crippen molar-refractivity contribution in [2.45, 2.75) is 41.0 Å². The van der Waals surface area contributed by atoms with Gasteiger partial charge in [-0.2, -0.15) is 0 Å². The van der Waals surface area contributed by atoms with Gasteiger partial charge in [0, 0.05) is 0 Å². The zero-order chi connectivity index (χ0) is 21.1. The maximum absolute atomic E-state index is 12.7. The predicted molar refractivity (Wildman–Crippen MR) is 126 cm³/mol. The third-order valence-corrected chi connectivity index (χ3v) is 11.9. The molecule has 3 aromatic rings. The van der Waals surface area contributed by atoms with Crippen molar-refractivity contribution in [2.24, 2.45) is 0 Å². The molecule has 0 fully saturated rings. The average molecular weight is 407 g/mol. The van der Waals surface area contributed by atoms with Crippen LogP contribution >= 0.6 is 6.83 Å². The maximum atomic E-state index is 12.7. The molecule has 152 valence electrons. The second-order valence-electron chi connectivity index (χ2n) is 8.03. The van der Waals surface area contributed by atoms with E-state index in [4.69, 9.17) is 4.52 Å². The number of benzene rings is 3. The summed E-state index contributed by atoms with van der Waals surface area (Å²) in [6.07, 6.45) is 1.68. The minimum atomic E-state index is -3.47. The first-order valence-electron chi connectivity index (χ1n) is 10.2. The van der Waals surface area contributed by atoms with Crippen LogP contribution in [0.25, 0.3) is 0 Å². The van der Waals surface area contributed by atoms with Gasteiger partial charge in [0.05, 0.1) is 0 Å². The summed E-state index contributed by atoms with van der Waals surface area (Å²) in [6.45, 7) is 6.49. The van der Waals surface area contributed by atoms with Crippen LogP contribution in [0.2, 0.25) is 0 Å². The summed E-state index contributed by atoms with van der Waals surface area (Å²) >= 11 is 0. The van der Waals surface area contributed by atoms with E-state index in [2.05, 4.69) is 100 Å². The Hall–Kier alpha value is -2.44. The van der Waals surface area contributed by atoms with Crippen molar-refractivity contribution in [3.63, 3.8) is 0 Å². The first kappa shape index (κ1) is 21.3. The number of rotatable bonds is 6. The minimum absolute atomic E-state index is 0.238. The van der Waals surface area contributed by atoms with Gasteiger partial charge in [-0.05, 0) is 0 Å². The third-order valence-electron chi connectivity index (χ3n) is 5.72. The molecule has 0 aliphatic rings. The Morgan fingerprint density at radius 2 is 1.00 bits per heavy atom. The molecule has 0 saturated carbocycles. The molecule has 0 N–H and O–H groups in total. The molecule has 0 spiro atoms. The molecule has 0 unspecified atom stereocenters. The van der Waals surface area contributed by atoms with E-state index >= 15 is 0 Å². The van der Waals surface area contributed by atoms with Gasteiger partial charge in [0.2, 0.25) is 0 Å². The van der Waals surface area contributed by atoms with Crippen molar-refractivity contribution >= 4 is 28.7 Å². The third kappa shape index (κ3) is 3.63. The van der Waals surface area contributed by atoms with Crippen LogP contribution in [0.15, 0.2) is 72.8 Å². The molecule has 2 nitrogen and oxygen atoms in total. The van der Waals surface area contributed by atoms with Crippen molar-refractivity contribution in [1.82, 2.24) is 0 Å². The first-order valence-corrected chi connectivity index (χ1v) is 12.6. The van der Waals surface area contributed by atoms with Crippen LogP contribution in [0.4, 0.5) is 0 Å². The van der Waals surface area contributed by atoms with Crippen molar-refractivity contribution in [3.05, 3.63) is 89.5 Å². The van der Waals surface area contributed by atoms with Gasteiger partial charge < -0.3 is 0 Å². The Kier molecular flexibility index (Phi) is 5.96. The van der Waals surface area contributed by atoms with Crippen LogP contribution in [0.3, 0.4) is 0 Å². The normalized spacial score (nSPS) is 12.8. The van der Waals surface area contributed by atoms with Crippen molar-refractivity contribution in [3.8, 4) is 0 Å². The van der Waals surface area contributed by atoms with Crippen LogP contribution < -0.4 is 15.9 Å². The van der Waals surface area contributed by atoms with E-state index in [1.54, 1.807) is 0 Å². The Balaban J connectivity index is 2.52. The molecule has 0 saturated heterocycles. The fraction of sp³-hybridized carbons (Fsp3) is 0.269. The molecule has 29 heavy (non-hydrogen) atoms. The Bertz CT molecular complexity index is 873. The predicted octanol–water partition coefficient (Wildman–Crippen LogP) is 5.33. The summed E-state index contributed by atoms with van der Waals surface area (Å²) in [5.41, 5.74) is 3.58. The molecular weight excluding hydrogens is 375 g/mol. The molecule has 3 rings (SSSR count). The molecule has 0 bridgehead atoms. The standard InChI is InChI=1S/C26H31O2P/c1-6-19-29(28-23(5)27,24-13-7-20(2)8-14-24,25-15-9-21(3)10-16-25)26-17-11-22(4)12-18-26/h7-18H,6,19H2,1-5H3. The average Bonchev–Trinajstić information content (AvgIpc) is 2.69.